The van der Waals surface area contributed by atoms with Crippen LogP contribution in [-0.2, 0) is 6.54 Å². The second kappa shape index (κ2) is 7.81. The molecule has 0 spiro atoms. The normalized spacial score (nSPS) is 13.3. The van der Waals surface area contributed by atoms with Crippen LogP contribution in [0.25, 0.3) is 22.6 Å². The number of imidazole rings is 1. The molecule has 1 N–H and O–H groups in total. The molecule has 0 bridgehead atoms. The molecule has 5 rings (SSSR count). The van der Waals surface area contributed by atoms with Crippen molar-refractivity contribution in [2.45, 2.75) is 13.5 Å². The Morgan fingerprint density at radius 3 is 2.78 bits per heavy atom. The minimum absolute atomic E-state index is 0.134. The number of nitrogens with one attached hydrogen (secondary N) is 1. The van der Waals surface area contributed by atoms with E-state index in [-0.39, 0.29) is 6.03 Å². The van der Waals surface area contributed by atoms with Crippen molar-refractivity contribution < 1.29 is 9.53 Å². The fourth-order valence-corrected chi connectivity index (χ4v) is 3.98. The van der Waals surface area contributed by atoms with E-state index in [1.807, 2.05) is 49.4 Å². The Balaban J connectivity index is 1.52. The lowest BCUT2D eigenvalue weighted by molar-refractivity contribution is 0.251. The van der Waals surface area contributed by atoms with Gasteiger partial charge in [-0.2, -0.15) is 0 Å². The van der Waals surface area contributed by atoms with Crippen molar-refractivity contribution in [1.29, 1.82) is 0 Å². The lowest BCUT2D eigenvalue weighted by Gasteiger charge is -2.34. The standard InChI is InChI=1S/C24H22N6O2/c1-15-8-9-16(22-26-12-19(28-22)18-6-4-5-7-21(18)32-3)10-20(15)30-13-17-11-25-14-27-23(17)29(2)24(30)31/h4-12,14H,13H2,1-3H3,(H,26,28). The fourth-order valence-electron chi connectivity index (χ4n) is 3.98. The van der Waals surface area contributed by atoms with E-state index in [0.717, 1.165) is 39.4 Å². The minimum Gasteiger partial charge on any atom is -0.496 e. The Morgan fingerprint density at radius 1 is 1.09 bits per heavy atom. The second-order valence-corrected chi connectivity index (χ2v) is 7.65. The molecule has 0 radical (unpaired) electrons. The summed E-state index contributed by atoms with van der Waals surface area (Å²) in [6.45, 7) is 2.40. The minimum atomic E-state index is -0.134. The number of urea groups is 1. The molecule has 0 fully saturated rings. The summed E-state index contributed by atoms with van der Waals surface area (Å²) >= 11 is 0. The monoisotopic (exact) mass is 426 g/mol. The van der Waals surface area contributed by atoms with Gasteiger partial charge >= 0.3 is 6.03 Å². The number of carbonyl (C=O) groups excluding carboxylic acids is 1. The van der Waals surface area contributed by atoms with Crippen LogP contribution in [0.2, 0.25) is 0 Å². The van der Waals surface area contributed by atoms with E-state index in [1.54, 1.807) is 36.4 Å². The maximum atomic E-state index is 13.1. The SMILES string of the molecule is COc1ccccc1-c1cnc(-c2ccc(C)c(N3Cc4cncnc4N(C)C3=O)c2)[nH]1. The molecule has 1 aliphatic heterocycles. The first-order valence-corrected chi connectivity index (χ1v) is 10.2. The van der Waals surface area contributed by atoms with E-state index in [2.05, 4.69) is 19.9 Å². The second-order valence-electron chi connectivity index (χ2n) is 7.65. The summed E-state index contributed by atoms with van der Waals surface area (Å²) in [5, 5.41) is 0. The molecule has 1 aliphatic rings. The number of hydrogen-bond donors (Lipinski definition) is 1. The van der Waals surface area contributed by atoms with Gasteiger partial charge in [-0.3, -0.25) is 9.80 Å². The van der Waals surface area contributed by atoms with Crippen LogP contribution < -0.4 is 14.5 Å². The molecule has 8 nitrogen and oxygen atoms in total. The number of anilines is 2. The number of aromatic nitrogens is 4. The number of ether oxygens (including phenoxy) is 1. The summed E-state index contributed by atoms with van der Waals surface area (Å²) in [5.74, 6) is 2.13. The smallest absolute Gasteiger partial charge is 0.330 e. The topological polar surface area (TPSA) is 87.2 Å². The van der Waals surface area contributed by atoms with Crippen molar-refractivity contribution in [3.63, 3.8) is 0 Å². The van der Waals surface area contributed by atoms with Crippen LogP contribution in [-0.4, -0.2) is 40.1 Å². The third-order valence-electron chi connectivity index (χ3n) is 5.67. The zero-order valence-electron chi connectivity index (χ0n) is 18.0. The molecule has 2 amide bonds. The van der Waals surface area contributed by atoms with Gasteiger partial charge in [0.1, 0.15) is 23.7 Å². The molecule has 2 aromatic heterocycles. The number of benzene rings is 2. The van der Waals surface area contributed by atoms with Gasteiger partial charge in [-0.25, -0.2) is 19.7 Å². The number of aryl methyl sites for hydroxylation is 1. The van der Waals surface area contributed by atoms with E-state index in [1.165, 1.54) is 6.33 Å². The summed E-state index contributed by atoms with van der Waals surface area (Å²) in [5.41, 5.74) is 5.40. The average Bonchev–Trinajstić information content (AvgIpc) is 3.32. The molecule has 32 heavy (non-hydrogen) atoms. The highest BCUT2D eigenvalue weighted by Gasteiger charge is 2.31. The van der Waals surface area contributed by atoms with E-state index < -0.39 is 0 Å². The van der Waals surface area contributed by atoms with Gasteiger partial charge < -0.3 is 9.72 Å². The molecule has 2 aromatic carbocycles. The van der Waals surface area contributed by atoms with Crippen molar-refractivity contribution in [1.82, 2.24) is 19.9 Å². The summed E-state index contributed by atoms with van der Waals surface area (Å²) < 4.78 is 5.47. The Morgan fingerprint density at radius 2 is 1.94 bits per heavy atom. The quantitative estimate of drug-likeness (QED) is 0.522. The maximum absolute atomic E-state index is 13.1. The summed E-state index contributed by atoms with van der Waals surface area (Å²) in [6, 6.07) is 13.6. The van der Waals surface area contributed by atoms with Crippen LogP contribution in [0, 0.1) is 6.92 Å². The molecule has 0 saturated heterocycles. The van der Waals surface area contributed by atoms with Crippen LogP contribution in [0.3, 0.4) is 0 Å². The van der Waals surface area contributed by atoms with Crippen molar-refractivity contribution in [2.24, 2.45) is 0 Å². The van der Waals surface area contributed by atoms with Crippen molar-refractivity contribution in [3.05, 3.63) is 72.3 Å². The summed E-state index contributed by atoms with van der Waals surface area (Å²) in [7, 11) is 3.38. The first-order chi connectivity index (χ1) is 15.6. The van der Waals surface area contributed by atoms with E-state index in [4.69, 9.17) is 4.74 Å². The zero-order valence-corrected chi connectivity index (χ0v) is 18.0. The number of methoxy groups -OCH3 is 1. The van der Waals surface area contributed by atoms with Gasteiger partial charge in [-0.05, 0) is 30.7 Å². The number of amides is 2. The third-order valence-corrected chi connectivity index (χ3v) is 5.67. The van der Waals surface area contributed by atoms with Gasteiger partial charge in [0.05, 0.1) is 25.5 Å². The number of fused-ring (bicyclic) bond motifs is 1. The van der Waals surface area contributed by atoms with Crippen LogP contribution in [0.1, 0.15) is 11.1 Å². The number of carbonyl (C=O) groups is 1. The number of para-hydroxylation sites is 1. The number of aromatic amines is 1. The highest BCUT2D eigenvalue weighted by atomic mass is 16.5. The van der Waals surface area contributed by atoms with Crippen LogP contribution in [0.15, 0.2) is 61.2 Å². The summed E-state index contributed by atoms with van der Waals surface area (Å²) in [4.78, 5) is 32.7. The highest BCUT2D eigenvalue weighted by molar-refractivity contribution is 6.05. The number of hydrogen-bond acceptors (Lipinski definition) is 5. The molecule has 0 aliphatic carbocycles. The lowest BCUT2D eigenvalue weighted by atomic mass is 10.1. The third kappa shape index (κ3) is 3.26. The first kappa shape index (κ1) is 19.7. The highest BCUT2D eigenvalue weighted by Crippen LogP contribution is 2.34. The zero-order chi connectivity index (χ0) is 22.2. The predicted octanol–water partition coefficient (Wildman–Crippen LogP) is 4.43. The van der Waals surface area contributed by atoms with E-state index in [0.29, 0.717) is 18.2 Å². The molecule has 4 aromatic rings. The van der Waals surface area contributed by atoms with Gasteiger partial charge in [0.25, 0.3) is 0 Å². The molecular formula is C24H22N6O2. The van der Waals surface area contributed by atoms with Crippen LogP contribution in [0.5, 0.6) is 5.75 Å². The predicted molar refractivity (Wildman–Crippen MR) is 123 cm³/mol. The van der Waals surface area contributed by atoms with Crippen molar-refractivity contribution in [3.8, 4) is 28.4 Å². The molecule has 0 atom stereocenters. The van der Waals surface area contributed by atoms with Crippen LogP contribution >= 0.6 is 0 Å². The van der Waals surface area contributed by atoms with Gasteiger partial charge in [0.2, 0.25) is 0 Å². The number of nitrogens with zero attached hydrogens (tertiary/aromatic N) is 5. The molecular weight excluding hydrogens is 404 g/mol. The van der Waals surface area contributed by atoms with E-state index in [9.17, 15) is 4.79 Å². The maximum Gasteiger partial charge on any atom is 0.330 e. The molecule has 160 valence electrons. The molecule has 0 unspecified atom stereocenters. The Hall–Kier alpha value is -4.20. The molecule has 3 heterocycles. The first-order valence-electron chi connectivity index (χ1n) is 10.2. The van der Waals surface area contributed by atoms with Gasteiger partial charge in [-0.15, -0.1) is 0 Å². The Labute approximate surface area is 185 Å². The Kier molecular flexibility index (Phi) is 4.82. The molecule has 0 saturated carbocycles. The van der Waals surface area contributed by atoms with Gasteiger partial charge in [0.15, 0.2) is 0 Å². The van der Waals surface area contributed by atoms with E-state index >= 15 is 0 Å². The Bertz CT molecular complexity index is 1320. The number of rotatable bonds is 4. The van der Waals surface area contributed by atoms with Crippen molar-refractivity contribution >= 4 is 17.5 Å². The summed E-state index contributed by atoms with van der Waals surface area (Å²) in [6.07, 6.45) is 5.00. The fraction of sp³-hybridized carbons (Fsp3) is 0.167. The average molecular weight is 426 g/mol. The largest absolute Gasteiger partial charge is 0.496 e. The molecule has 8 heteroatoms. The van der Waals surface area contributed by atoms with Gasteiger partial charge in [-0.1, -0.05) is 24.3 Å². The van der Waals surface area contributed by atoms with Crippen molar-refractivity contribution in [2.75, 3.05) is 24.0 Å². The van der Waals surface area contributed by atoms with Gasteiger partial charge in [0, 0.05) is 35.6 Å². The number of H-pyrrole nitrogens is 1. The lowest BCUT2D eigenvalue weighted by Crippen LogP contribution is -2.46. The van der Waals surface area contributed by atoms with Crippen LogP contribution in [0.4, 0.5) is 16.3 Å².